The zero-order chi connectivity index (χ0) is 19.3. The molecule has 2 aliphatic carbocycles. The van der Waals surface area contributed by atoms with Gasteiger partial charge in [0.15, 0.2) is 11.5 Å². The van der Waals surface area contributed by atoms with Gasteiger partial charge in [-0.1, -0.05) is 6.42 Å². The molecule has 1 N–H and O–H groups in total. The quantitative estimate of drug-likeness (QED) is 0.867. The third-order valence-corrected chi connectivity index (χ3v) is 7.14. The van der Waals surface area contributed by atoms with Crippen molar-refractivity contribution >= 4 is 17.5 Å². The van der Waals surface area contributed by atoms with Crippen LogP contribution in [-0.2, 0) is 9.59 Å². The van der Waals surface area contributed by atoms with Gasteiger partial charge in [0.1, 0.15) is 13.2 Å². The second kappa shape index (κ2) is 6.98. The maximum Gasteiger partial charge on any atom is 0.227 e. The summed E-state index contributed by atoms with van der Waals surface area (Å²) in [4.78, 5) is 27.1. The summed E-state index contributed by atoms with van der Waals surface area (Å²) in [6.45, 7) is 3.61. The van der Waals surface area contributed by atoms with Crippen molar-refractivity contribution in [2.24, 2.45) is 23.7 Å². The fourth-order valence-corrected chi connectivity index (χ4v) is 5.69. The Balaban J connectivity index is 1.23. The van der Waals surface area contributed by atoms with Crippen LogP contribution in [0.3, 0.4) is 0 Å². The Morgan fingerprint density at radius 3 is 2.75 bits per heavy atom. The topological polar surface area (TPSA) is 67.9 Å². The zero-order valence-electron chi connectivity index (χ0n) is 16.4. The molecule has 1 aromatic rings. The molecule has 3 fully saturated rings. The SMILES string of the molecule is C[C@H](NC(=O)[C@H]1CC(=O)N(c2ccc3c(c2)OCCO3)C1)[C@@H]1C[C@H]2CC[C@H]1C2. The van der Waals surface area contributed by atoms with Crippen LogP contribution in [0, 0.1) is 23.7 Å². The van der Waals surface area contributed by atoms with E-state index in [1.54, 1.807) is 4.90 Å². The smallest absolute Gasteiger partial charge is 0.227 e. The summed E-state index contributed by atoms with van der Waals surface area (Å²) in [6.07, 6.45) is 5.53. The number of hydrogen-bond acceptors (Lipinski definition) is 4. The van der Waals surface area contributed by atoms with E-state index in [0.29, 0.717) is 37.2 Å². The van der Waals surface area contributed by atoms with E-state index in [1.807, 2.05) is 18.2 Å². The molecule has 0 aromatic heterocycles. The minimum Gasteiger partial charge on any atom is -0.486 e. The van der Waals surface area contributed by atoms with Crippen molar-refractivity contribution in [1.29, 1.82) is 0 Å². The highest BCUT2D eigenvalue weighted by molar-refractivity contribution is 6.00. The maximum absolute atomic E-state index is 12.8. The summed E-state index contributed by atoms with van der Waals surface area (Å²) >= 11 is 0. The van der Waals surface area contributed by atoms with Crippen LogP contribution in [0.5, 0.6) is 11.5 Å². The summed E-state index contributed by atoms with van der Waals surface area (Å²) < 4.78 is 11.2. The lowest BCUT2D eigenvalue weighted by molar-refractivity contribution is -0.127. The Morgan fingerprint density at radius 2 is 2.00 bits per heavy atom. The van der Waals surface area contributed by atoms with Crippen molar-refractivity contribution in [2.45, 2.75) is 45.1 Å². The van der Waals surface area contributed by atoms with Crippen LogP contribution in [0.4, 0.5) is 5.69 Å². The number of ether oxygens (including phenoxy) is 2. The van der Waals surface area contributed by atoms with Gasteiger partial charge in [0.05, 0.1) is 5.92 Å². The average molecular weight is 384 g/mol. The first-order valence-electron chi connectivity index (χ1n) is 10.6. The number of benzene rings is 1. The van der Waals surface area contributed by atoms with Gasteiger partial charge in [-0.3, -0.25) is 9.59 Å². The molecule has 2 amide bonds. The second-order valence-corrected chi connectivity index (χ2v) is 8.87. The predicted octanol–water partition coefficient (Wildman–Crippen LogP) is 2.75. The van der Waals surface area contributed by atoms with Crippen molar-refractivity contribution in [3.05, 3.63) is 18.2 Å². The fraction of sp³-hybridized carbons (Fsp3) is 0.636. The number of amides is 2. The number of nitrogens with zero attached hydrogens (tertiary/aromatic N) is 1. The minimum absolute atomic E-state index is 0.00981. The lowest BCUT2D eigenvalue weighted by atomic mass is 9.84. The molecule has 2 bridgehead atoms. The van der Waals surface area contributed by atoms with Crippen molar-refractivity contribution < 1.29 is 19.1 Å². The normalized spacial score (nSPS) is 31.9. The molecule has 28 heavy (non-hydrogen) atoms. The molecule has 2 saturated carbocycles. The van der Waals surface area contributed by atoms with Gasteiger partial charge in [-0.15, -0.1) is 0 Å². The maximum atomic E-state index is 12.8. The first kappa shape index (κ1) is 17.8. The molecule has 0 radical (unpaired) electrons. The van der Waals surface area contributed by atoms with E-state index >= 15 is 0 Å². The molecule has 5 atom stereocenters. The number of anilines is 1. The van der Waals surface area contributed by atoms with E-state index < -0.39 is 0 Å². The van der Waals surface area contributed by atoms with Gasteiger partial charge in [0.25, 0.3) is 0 Å². The number of hydrogen-bond donors (Lipinski definition) is 1. The average Bonchev–Trinajstić information content (AvgIpc) is 3.43. The summed E-state index contributed by atoms with van der Waals surface area (Å²) in [6, 6.07) is 5.73. The zero-order valence-corrected chi connectivity index (χ0v) is 16.4. The summed E-state index contributed by atoms with van der Waals surface area (Å²) in [5, 5.41) is 3.23. The molecular formula is C22H28N2O4. The van der Waals surface area contributed by atoms with E-state index in [2.05, 4.69) is 12.2 Å². The lowest BCUT2D eigenvalue weighted by Crippen LogP contribution is -2.43. The number of carbonyl (C=O) groups is 2. The van der Waals surface area contributed by atoms with E-state index in [1.165, 1.54) is 25.7 Å². The molecule has 150 valence electrons. The second-order valence-electron chi connectivity index (χ2n) is 8.87. The molecule has 1 aromatic carbocycles. The number of fused-ring (bicyclic) bond motifs is 3. The van der Waals surface area contributed by atoms with E-state index in [0.717, 1.165) is 17.5 Å². The van der Waals surface area contributed by atoms with Crippen molar-refractivity contribution in [3.8, 4) is 11.5 Å². The third-order valence-electron chi connectivity index (χ3n) is 7.14. The molecule has 6 nitrogen and oxygen atoms in total. The summed E-state index contributed by atoms with van der Waals surface area (Å²) in [7, 11) is 0. The standard InChI is InChI=1S/C22H28N2O4/c1-13(18-9-14-2-3-15(18)8-14)23-22(26)16-10-21(25)24(12-16)17-4-5-19-20(11-17)28-7-6-27-19/h4-5,11,13-16,18H,2-3,6-10,12H2,1H3,(H,23,26)/t13-,14-,15-,16-,18-/m0/s1. The van der Waals surface area contributed by atoms with E-state index in [-0.39, 0.29) is 30.2 Å². The Labute approximate surface area is 165 Å². The molecule has 2 heterocycles. The summed E-state index contributed by atoms with van der Waals surface area (Å²) in [5.74, 6) is 3.33. The van der Waals surface area contributed by atoms with E-state index in [4.69, 9.17) is 9.47 Å². The Morgan fingerprint density at radius 1 is 1.18 bits per heavy atom. The van der Waals surface area contributed by atoms with Gasteiger partial charge >= 0.3 is 0 Å². The monoisotopic (exact) mass is 384 g/mol. The van der Waals surface area contributed by atoms with Gasteiger partial charge in [0.2, 0.25) is 11.8 Å². The van der Waals surface area contributed by atoms with Gasteiger partial charge in [-0.25, -0.2) is 0 Å². The van der Waals surface area contributed by atoms with Crippen molar-refractivity contribution in [1.82, 2.24) is 5.32 Å². The first-order chi connectivity index (χ1) is 13.6. The van der Waals surface area contributed by atoms with Crippen LogP contribution in [0.25, 0.3) is 0 Å². The molecule has 0 unspecified atom stereocenters. The number of nitrogens with one attached hydrogen (secondary N) is 1. The molecule has 1 saturated heterocycles. The highest BCUT2D eigenvalue weighted by Gasteiger charge is 2.43. The molecule has 6 heteroatoms. The lowest BCUT2D eigenvalue weighted by Gasteiger charge is -2.29. The number of rotatable bonds is 4. The number of carbonyl (C=O) groups excluding carboxylic acids is 2. The van der Waals surface area contributed by atoms with Crippen molar-refractivity contribution in [3.63, 3.8) is 0 Å². The fourth-order valence-electron chi connectivity index (χ4n) is 5.69. The van der Waals surface area contributed by atoms with Crippen LogP contribution < -0.4 is 19.7 Å². The van der Waals surface area contributed by atoms with Gasteiger partial charge in [-0.2, -0.15) is 0 Å². The van der Waals surface area contributed by atoms with Gasteiger partial charge in [-0.05, 0) is 56.1 Å². The molecule has 4 aliphatic rings. The Bertz CT molecular complexity index is 795. The Kier molecular flexibility index (Phi) is 4.44. The molecule has 5 rings (SSSR count). The van der Waals surface area contributed by atoms with E-state index in [9.17, 15) is 9.59 Å². The first-order valence-corrected chi connectivity index (χ1v) is 10.6. The van der Waals surface area contributed by atoms with Crippen LogP contribution in [0.15, 0.2) is 18.2 Å². The van der Waals surface area contributed by atoms with Crippen LogP contribution >= 0.6 is 0 Å². The highest BCUT2D eigenvalue weighted by atomic mass is 16.6. The van der Waals surface area contributed by atoms with Crippen LogP contribution in [-0.4, -0.2) is 37.6 Å². The van der Waals surface area contributed by atoms with Crippen molar-refractivity contribution in [2.75, 3.05) is 24.7 Å². The highest BCUT2D eigenvalue weighted by Crippen LogP contribution is 2.49. The van der Waals surface area contributed by atoms with Gasteiger partial charge < -0.3 is 19.7 Å². The summed E-state index contributed by atoms with van der Waals surface area (Å²) in [5.41, 5.74) is 0.769. The van der Waals surface area contributed by atoms with Crippen LogP contribution in [0.2, 0.25) is 0 Å². The van der Waals surface area contributed by atoms with Crippen LogP contribution in [0.1, 0.15) is 39.0 Å². The largest absolute Gasteiger partial charge is 0.486 e. The third kappa shape index (κ3) is 3.12. The molecule has 2 aliphatic heterocycles. The molecule has 0 spiro atoms. The van der Waals surface area contributed by atoms with Gasteiger partial charge in [0, 0.05) is 30.8 Å². The molecular weight excluding hydrogens is 356 g/mol. The minimum atomic E-state index is -0.290. The Hall–Kier alpha value is -2.24. The predicted molar refractivity (Wildman–Crippen MR) is 104 cm³/mol.